The molecule has 0 aliphatic heterocycles. The van der Waals surface area contributed by atoms with Crippen molar-refractivity contribution in [2.45, 2.75) is 19.8 Å². The third-order valence-corrected chi connectivity index (χ3v) is 2.63. The van der Waals surface area contributed by atoms with Crippen molar-refractivity contribution in [3.8, 4) is 11.8 Å². The van der Waals surface area contributed by atoms with Crippen LogP contribution in [-0.2, 0) is 9.59 Å². The highest BCUT2D eigenvalue weighted by molar-refractivity contribution is 5.90. The Kier molecular flexibility index (Phi) is 5.41. The Morgan fingerprint density at radius 2 is 2.05 bits per heavy atom. The first-order chi connectivity index (χ1) is 10.6. The predicted octanol–water partition coefficient (Wildman–Crippen LogP) is 0.847. The molecule has 2 amide bonds. The lowest BCUT2D eigenvalue weighted by molar-refractivity contribution is -0.119. The van der Waals surface area contributed by atoms with Gasteiger partial charge in [0.15, 0.2) is 0 Å². The molecule has 0 unspecified atom stereocenters. The highest BCUT2D eigenvalue weighted by Gasteiger charge is 2.04. The van der Waals surface area contributed by atoms with Crippen molar-refractivity contribution in [1.29, 1.82) is 0 Å². The molecular formula is C13H16N6O3. The largest absolute Gasteiger partial charge is 0.422 e. The van der Waals surface area contributed by atoms with Crippen molar-refractivity contribution >= 4 is 17.5 Å². The summed E-state index contributed by atoms with van der Waals surface area (Å²) in [5.74, 6) is 0.319. The SMILES string of the molecule is CC(=O)NCCCC(=O)Nc1ccc(Oc2nn[nH]n2)cc1. The first kappa shape index (κ1) is 15.4. The van der Waals surface area contributed by atoms with E-state index in [9.17, 15) is 9.59 Å². The molecule has 0 atom stereocenters. The molecule has 0 spiro atoms. The van der Waals surface area contributed by atoms with E-state index in [2.05, 4.69) is 31.3 Å². The molecule has 116 valence electrons. The number of H-pyrrole nitrogens is 1. The minimum atomic E-state index is -0.114. The number of ether oxygens (including phenoxy) is 1. The number of hydrogen-bond acceptors (Lipinski definition) is 6. The minimum Gasteiger partial charge on any atom is -0.422 e. The zero-order chi connectivity index (χ0) is 15.8. The number of amides is 2. The lowest BCUT2D eigenvalue weighted by Crippen LogP contribution is -2.22. The van der Waals surface area contributed by atoms with Crippen LogP contribution in [0.5, 0.6) is 11.8 Å². The molecule has 0 saturated heterocycles. The summed E-state index contributed by atoms with van der Waals surface area (Å²) < 4.78 is 5.31. The lowest BCUT2D eigenvalue weighted by Gasteiger charge is -2.06. The fourth-order valence-corrected chi connectivity index (χ4v) is 1.64. The molecule has 0 saturated carbocycles. The van der Waals surface area contributed by atoms with Crippen LogP contribution in [0.1, 0.15) is 19.8 Å². The van der Waals surface area contributed by atoms with Gasteiger partial charge in [-0.05, 0) is 35.9 Å². The molecule has 0 bridgehead atoms. The molecule has 1 aromatic heterocycles. The molecule has 3 N–H and O–H groups in total. The van der Waals surface area contributed by atoms with E-state index in [1.165, 1.54) is 6.92 Å². The van der Waals surface area contributed by atoms with E-state index in [1.54, 1.807) is 24.3 Å². The number of carbonyl (C=O) groups excluding carboxylic acids is 2. The molecule has 0 aliphatic carbocycles. The number of aromatic amines is 1. The molecule has 9 heteroatoms. The molecule has 0 fully saturated rings. The van der Waals surface area contributed by atoms with Crippen LogP contribution in [0.3, 0.4) is 0 Å². The van der Waals surface area contributed by atoms with Crippen molar-refractivity contribution in [1.82, 2.24) is 25.9 Å². The van der Waals surface area contributed by atoms with Crippen molar-refractivity contribution in [3.63, 3.8) is 0 Å². The van der Waals surface area contributed by atoms with Crippen molar-refractivity contribution in [3.05, 3.63) is 24.3 Å². The Bertz CT molecular complexity index is 611. The molecule has 0 radical (unpaired) electrons. The van der Waals surface area contributed by atoms with Gasteiger partial charge in [0.2, 0.25) is 11.8 Å². The number of benzene rings is 1. The number of carbonyl (C=O) groups is 2. The topological polar surface area (TPSA) is 122 Å². The zero-order valence-electron chi connectivity index (χ0n) is 12.0. The van der Waals surface area contributed by atoms with Gasteiger partial charge in [-0.15, -0.1) is 0 Å². The Balaban J connectivity index is 1.75. The zero-order valence-corrected chi connectivity index (χ0v) is 12.0. The second-order valence-electron chi connectivity index (χ2n) is 4.46. The van der Waals surface area contributed by atoms with Gasteiger partial charge in [0.25, 0.3) is 0 Å². The minimum absolute atomic E-state index is 0.0994. The van der Waals surface area contributed by atoms with E-state index < -0.39 is 0 Å². The number of anilines is 1. The smallest absolute Gasteiger partial charge is 0.361 e. The predicted molar refractivity (Wildman–Crippen MR) is 77.2 cm³/mol. The fraction of sp³-hybridized carbons (Fsp3) is 0.308. The molecule has 22 heavy (non-hydrogen) atoms. The quantitative estimate of drug-likeness (QED) is 0.652. The van der Waals surface area contributed by atoms with E-state index in [0.29, 0.717) is 30.8 Å². The summed E-state index contributed by atoms with van der Waals surface area (Å²) in [6.07, 6.45) is 0.922. The number of tetrazole rings is 1. The third-order valence-electron chi connectivity index (χ3n) is 2.63. The second-order valence-corrected chi connectivity index (χ2v) is 4.46. The Hall–Kier alpha value is -2.97. The van der Waals surface area contributed by atoms with Crippen LogP contribution in [0.2, 0.25) is 0 Å². The molecule has 2 rings (SSSR count). The number of rotatable bonds is 7. The Labute approximate surface area is 126 Å². The van der Waals surface area contributed by atoms with Gasteiger partial charge in [0.1, 0.15) is 5.75 Å². The van der Waals surface area contributed by atoms with Gasteiger partial charge in [-0.25, -0.2) is 0 Å². The molecular weight excluding hydrogens is 288 g/mol. The molecule has 1 aromatic carbocycles. The van der Waals surface area contributed by atoms with E-state index in [4.69, 9.17) is 4.74 Å². The molecule has 0 aliphatic rings. The van der Waals surface area contributed by atoms with Gasteiger partial charge in [-0.1, -0.05) is 10.2 Å². The fourth-order valence-electron chi connectivity index (χ4n) is 1.64. The highest BCUT2D eigenvalue weighted by Crippen LogP contribution is 2.19. The first-order valence-corrected chi connectivity index (χ1v) is 6.69. The van der Waals surface area contributed by atoms with Gasteiger partial charge in [-0.2, -0.15) is 5.21 Å². The maximum Gasteiger partial charge on any atom is 0.361 e. The van der Waals surface area contributed by atoms with Crippen LogP contribution in [0.4, 0.5) is 5.69 Å². The maximum absolute atomic E-state index is 11.7. The number of nitrogens with zero attached hydrogens (tertiary/aromatic N) is 3. The monoisotopic (exact) mass is 304 g/mol. The summed E-state index contributed by atoms with van der Waals surface area (Å²) in [6.45, 7) is 1.93. The molecule has 9 nitrogen and oxygen atoms in total. The third kappa shape index (κ3) is 5.19. The summed E-state index contributed by atoms with van der Waals surface area (Å²) in [5.41, 5.74) is 0.657. The van der Waals surface area contributed by atoms with Crippen LogP contribution < -0.4 is 15.4 Å². The summed E-state index contributed by atoms with van der Waals surface area (Å²) in [7, 11) is 0. The van der Waals surface area contributed by atoms with Crippen molar-refractivity contribution in [2.75, 3.05) is 11.9 Å². The average Bonchev–Trinajstić information content (AvgIpc) is 2.98. The van der Waals surface area contributed by atoms with Crippen molar-refractivity contribution in [2.24, 2.45) is 0 Å². The number of hydrogen-bond donors (Lipinski definition) is 3. The average molecular weight is 304 g/mol. The van der Waals surface area contributed by atoms with Gasteiger partial charge in [0.05, 0.1) is 0 Å². The normalized spacial score (nSPS) is 10.0. The van der Waals surface area contributed by atoms with E-state index in [0.717, 1.165) is 0 Å². The summed E-state index contributed by atoms with van der Waals surface area (Å²) in [5, 5.41) is 18.4. The maximum atomic E-state index is 11.7. The first-order valence-electron chi connectivity index (χ1n) is 6.69. The van der Waals surface area contributed by atoms with Gasteiger partial charge in [0, 0.05) is 25.6 Å². The standard InChI is InChI=1S/C13H16N6O3/c1-9(20)14-8-2-3-12(21)15-10-4-6-11(7-5-10)22-13-16-18-19-17-13/h4-7H,2-3,8H2,1H3,(H,14,20)(H,15,21)(H,16,17,18,19). The van der Waals surface area contributed by atoms with Crippen LogP contribution in [0.15, 0.2) is 24.3 Å². The van der Waals surface area contributed by atoms with E-state index >= 15 is 0 Å². The number of nitrogens with one attached hydrogen (secondary N) is 3. The van der Waals surface area contributed by atoms with Crippen LogP contribution >= 0.6 is 0 Å². The van der Waals surface area contributed by atoms with E-state index in [-0.39, 0.29) is 17.8 Å². The second kappa shape index (κ2) is 7.72. The van der Waals surface area contributed by atoms with Crippen LogP contribution in [0.25, 0.3) is 0 Å². The van der Waals surface area contributed by atoms with Crippen LogP contribution in [0, 0.1) is 0 Å². The molecule has 1 heterocycles. The van der Waals surface area contributed by atoms with Gasteiger partial charge >= 0.3 is 6.01 Å². The number of aromatic nitrogens is 4. The summed E-state index contributed by atoms with van der Waals surface area (Å²) >= 11 is 0. The lowest BCUT2D eigenvalue weighted by atomic mass is 10.2. The Morgan fingerprint density at radius 1 is 1.27 bits per heavy atom. The van der Waals surface area contributed by atoms with Crippen LogP contribution in [-0.4, -0.2) is 39.0 Å². The Morgan fingerprint density at radius 3 is 2.68 bits per heavy atom. The van der Waals surface area contributed by atoms with E-state index in [1.807, 2.05) is 0 Å². The van der Waals surface area contributed by atoms with Gasteiger partial charge < -0.3 is 15.4 Å². The van der Waals surface area contributed by atoms with Crippen molar-refractivity contribution < 1.29 is 14.3 Å². The summed E-state index contributed by atoms with van der Waals surface area (Å²) in [4.78, 5) is 22.4. The molecule has 2 aromatic rings. The highest BCUT2D eigenvalue weighted by atomic mass is 16.5. The summed E-state index contributed by atoms with van der Waals surface area (Å²) in [6, 6.07) is 6.91. The van der Waals surface area contributed by atoms with Gasteiger partial charge in [-0.3, -0.25) is 9.59 Å².